The number of benzene rings is 3. The monoisotopic (exact) mass is 537 g/mol. The van der Waals surface area contributed by atoms with Crippen molar-refractivity contribution in [2.24, 2.45) is 0 Å². The van der Waals surface area contributed by atoms with Crippen LogP contribution in [0.3, 0.4) is 0 Å². The molecule has 0 radical (unpaired) electrons. The fourth-order valence-electron chi connectivity index (χ4n) is 5.91. The zero-order valence-corrected chi connectivity index (χ0v) is 23.0. The summed E-state index contributed by atoms with van der Waals surface area (Å²) in [6, 6.07) is 23.8. The lowest BCUT2D eigenvalue weighted by Gasteiger charge is -2.34. The number of nitrogens with zero attached hydrogens (tertiary/aromatic N) is 4. The molecule has 40 heavy (non-hydrogen) atoms. The smallest absolute Gasteiger partial charge is 0.227 e. The third-order valence-electron chi connectivity index (χ3n) is 8.14. The molecule has 206 valence electrons. The molecule has 1 aliphatic carbocycles. The van der Waals surface area contributed by atoms with Crippen LogP contribution < -0.4 is 5.32 Å². The van der Waals surface area contributed by atoms with Crippen LogP contribution in [0.4, 0.5) is 16.0 Å². The molecule has 7 heteroatoms. The minimum atomic E-state index is -0.172. The molecule has 2 aliphatic rings. The van der Waals surface area contributed by atoms with E-state index in [4.69, 9.17) is 9.72 Å². The maximum absolute atomic E-state index is 14.8. The van der Waals surface area contributed by atoms with E-state index in [9.17, 15) is 4.39 Å². The van der Waals surface area contributed by atoms with Crippen LogP contribution in [0.5, 0.6) is 0 Å². The van der Waals surface area contributed by atoms with Gasteiger partial charge in [0.2, 0.25) is 5.95 Å². The zero-order chi connectivity index (χ0) is 27.3. The molecule has 1 N–H and O–H groups in total. The van der Waals surface area contributed by atoms with Crippen molar-refractivity contribution < 1.29 is 9.13 Å². The molecular weight excluding hydrogens is 501 g/mol. The van der Waals surface area contributed by atoms with Crippen molar-refractivity contribution in [3.63, 3.8) is 0 Å². The molecule has 0 saturated carbocycles. The van der Waals surface area contributed by atoms with Crippen molar-refractivity contribution in [1.82, 2.24) is 19.8 Å². The Hall–Kier alpha value is -3.65. The van der Waals surface area contributed by atoms with E-state index in [0.717, 1.165) is 80.4 Å². The standard InChI is InChI=1S/C33H36FN5O/c1-40-20-19-39-17-15-38(16-18-39)14-13-24-7-6-8-26(21-24)36-33-35-23-25-22-30(28-10-4-5-12-31(28)34)27-9-2-3-11-29(27)32(25)37-33/h2-12,21,23,30H,13-20,22H2,1H3,(H,35,36,37). The summed E-state index contributed by atoms with van der Waals surface area (Å²) in [4.78, 5) is 14.6. The van der Waals surface area contributed by atoms with E-state index < -0.39 is 0 Å². The Kier molecular flexibility index (Phi) is 8.14. The fraction of sp³-hybridized carbons (Fsp3) is 0.333. The highest BCUT2D eigenvalue weighted by Crippen LogP contribution is 2.42. The van der Waals surface area contributed by atoms with Crippen molar-refractivity contribution in [3.05, 3.63) is 107 Å². The average molecular weight is 538 g/mol. The fourth-order valence-corrected chi connectivity index (χ4v) is 5.91. The van der Waals surface area contributed by atoms with Crippen LogP contribution in [0.25, 0.3) is 11.3 Å². The summed E-state index contributed by atoms with van der Waals surface area (Å²) >= 11 is 0. The number of hydrogen-bond acceptors (Lipinski definition) is 6. The van der Waals surface area contributed by atoms with E-state index in [0.29, 0.717) is 17.9 Å². The molecule has 2 heterocycles. The quantitative estimate of drug-likeness (QED) is 0.303. The average Bonchev–Trinajstić information content (AvgIpc) is 3.00. The minimum Gasteiger partial charge on any atom is -0.383 e. The first-order valence-electron chi connectivity index (χ1n) is 14.2. The first-order valence-corrected chi connectivity index (χ1v) is 14.2. The van der Waals surface area contributed by atoms with Crippen molar-refractivity contribution >= 4 is 11.6 Å². The first kappa shape index (κ1) is 26.6. The number of aromatic nitrogens is 2. The SMILES string of the molecule is COCCN1CCN(CCc2cccc(Nc3ncc4c(n3)-c3ccccc3C(c3ccccc3F)C4)c2)CC1. The summed E-state index contributed by atoms with van der Waals surface area (Å²) in [6.45, 7) is 7.27. The number of halogens is 1. The number of piperazine rings is 1. The third-order valence-corrected chi connectivity index (χ3v) is 8.14. The second kappa shape index (κ2) is 12.3. The van der Waals surface area contributed by atoms with E-state index in [1.54, 1.807) is 13.2 Å². The van der Waals surface area contributed by atoms with Gasteiger partial charge in [0.1, 0.15) is 5.82 Å². The van der Waals surface area contributed by atoms with Crippen molar-refractivity contribution in [2.45, 2.75) is 18.8 Å². The summed E-state index contributed by atoms with van der Waals surface area (Å²) in [5.74, 6) is 0.341. The molecule has 0 amide bonds. The van der Waals surface area contributed by atoms with Gasteiger partial charge in [-0.1, -0.05) is 54.6 Å². The highest BCUT2D eigenvalue weighted by Gasteiger charge is 2.29. The highest BCUT2D eigenvalue weighted by atomic mass is 19.1. The predicted molar refractivity (Wildman–Crippen MR) is 158 cm³/mol. The van der Waals surface area contributed by atoms with Crippen LogP contribution >= 0.6 is 0 Å². The van der Waals surface area contributed by atoms with Gasteiger partial charge in [-0.3, -0.25) is 4.90 Å². The van der Waals surface area contributed by atoms with Crippen LogP contribution in [-0.4, -0.2) is 72.8 Å². The van der Waals surface area contributed by atoms with Gasteiger partial charge < -0.3 is 15.0 Å². The van der Waals surface area contributed by atoms with E-state index in [-0.39, 0.29) is 11.7 Å². The number of nitrogens with one attached hydrogen (secondary N) is 1. The summed E-state index contributed by atoms with van der Waals surface area (Å²) in [6.07, 6.45) is 3.57. The van der Waals surface area contributed by atoms with Gasteiger partial charge in [0.25, 0.3) is 0 Å². The summed E-state index contributed by atoms with van der Waals surface area (Å²) in [5.41, 5.74) is 7.09. The molecule has 6 rings (SSSR count). The maximum atomic E-state index is 14.8. The summed E-state index contributed by atoms with van der Waals surface area (Å²) < 4.78 is 20.0. The van der Waals surface area contributed by atoms with Gasteiger partial charge in [0.05, 0.1) is 12.3 Å². The molecule has 1 unspecified atom stereocenters. The minimum absolute atomic E-state index is 0.0580. The Morgan fingerprint density at radius 2 is 1.65 bits per heavy atom. The lowest BCUT2D eigenvalue weighted by Crippen LogP contribution is -2.47. The summed E-state index contributed by atoms with van der Waals surface area (Å²) in [5, 5.41) is 3.43. The molecule has 1 fully saturated rings. The van der Waals surface area contributed by atoms with Crippen LogP contribution in [0.2, 0.25) is 0 Å². The van der Waals surface area contributed by atoms with Crippen LogP contribution in [0.15, 0.2) is 79.0 Å². The van der Waals surface area contributed by atoms with Crippen molar-refractivity contribution in [2.75, 3.05) is 58.3 Å². The molecule has 1 aromatic heterocycles. The molecule has 1 atom stereocenters. The Labute approximate surface area is 235 Å². The molecule has 0 spiro atoms. The van der Waals surface area contributed by atoms with Crippen LogP contribution in [-0.2, 0) is 17.6 Å². The second-order valence-corrected chi connectivity index (χ2v) is 10.7. The molecule has 3 aromatic carbocycles. The van der Waals surface area contributed by atoms with E-state index in [1.165, 1.54) is 11.6 Å². The molecule has 0 bridgehead atoms. The molecule has 6 nitrogen and oxygen atoms in total. The summed E-state index contributed by atoms with van der Waals surface area (Å²) in [7, 11) is 1.76. The van der Waals surface area contributed by atoms with Gasteiger partial charge in [-0.15, -0.1) is 0 Å². The largest absolute Gasteiger partial charge is 0.383 e. The second-order valence-electron chi connectivity index (χ2n) is 10.7. The zero-order valence-electron chi connectivity index (χ0n) is 23.0. The van der Waals surface area contributed by atoms with Crippen LogP contribution in [0.1, 0.15) is 28.2 Å². The molecule has 1 aliphatic heterocycles. The number of fused-ring (bicyclic) bond motifs is 3. The Morgan fingerprint density at radius 1 is 0.900 bits per heavy atom. The lowest BCUT2D eigenvalue weighted by molar-refractivity contribution is 0.0976. The van der Waals surface area contributed by atoms with Gasteiger partial charge in [0.15, 0.2) is 0 Å². The van der Waals surface area contributed by atoms with Crippen molar-refractivity contribution in [3.8, 4) is 11.3 Å². The molecule has 4 aromatic rings. The highest BCUT2D eigenvalue weighted by molar-refractivity contribution is 5.73. The number of rotatable bonds is 9. The molecular formula is C33H36FN5O. The third kappa shape index (κ3) is 5.92. The van der Waals surface area contributed by atoms with Crippen LogP contribution in [0, 0.1) is 5.82 Å². The van der Waals surface area contributed by atoms with Crippen molar-refractivity contribution in [1.29, 1.82) is 0 Å². The Balaban J connectivity index is 1.14. The normalized spacial score (nSPS) is 17.3. The number of ether oxygens (including phenoxy) is 1. The first-order chi connectivity index (χ1) is 19.7. The van der Waals surface area contributed by atoms with Gasteiger partial charge >= 0.3 is 0 Å². The van der Waals surface area contributed by atoms with E-state index in [1.807, 2.05) is 30.5 Å². The number of hydrogen-bond donors (Lipinski definition) is 1. The van der Waals surface area contributed by atoms with E-state index in [2.05, 4.69) is 56.5 Å². The van der Waals surface area contributed by atoms with Gasteiger partial charge in [0, 0.05) is 69.7 Å². The number of anilines is 2. The van der Waals surface area contributed by atoms with Gasteiger partial charge in [-0.05, 0) is 53.3 Å². The number of methoxy groups -OCH3 is 1. The maximum Gasteiger partial charge on any atom is 0.227 e. The topological polar surface area (TPSA) is 53.5 Å². The van der Waals surface area contributed by atoms with Gasteiger partial charge in [-0.2, -0.15) is 0 Å². The van der Waals surface area contributed by atoms with Gasteiger partial charge in [-0.25, -0.2) is 14.4 Å². The van der Waals surface area contributed by atoms with E-state index >= 15 is 0 Å². The molecule has 1 saturated heterocycles. The lowest BCUT2D eigenvalue weighted by atomic mass is 9.78. The predicted octanol–water partition coefficient (Wildman–Crippen LogP) is 5.52. The Bertz CT molecular complexity index is 1450. The Morgan fingerprint density at radius 3 is 2.45 bits per heavy atom.